The monoisotopic (exact) mass is 317 g/mol. The molecule has 78 valence electrons. The lowest BCUT2D eigenvalue weighted by atomic mass is 10.4. The lowest BCUT2D eigenvalue weighted by Crippen LogP contribution is -2.09. The molecule has 0 N–H and O–H groups in total. The van der Waals surface area contributed by atoms with Crippen molar-refractivity contribution in [1.82, 2.24) is 14.6 Å². The van der Waals surface area contributed by atoms with E-state index in [1.807, 2.05) is 0 Å². The number of carbonyl (C=O) groups excluding carboxylic acids is 1. The summed E-state index contributed by atoms with van der Waals surface area (Å²) in [6.07, 6.45) is 1.69. The minimum Gasteiger partial charge on any atom is -0.461 e. The van der Waals surface area contributed by atoms with E-state index in [1.165, 1.54) is 0 Å². The molecule has 0 fully saturated rings. The van der Waals surface area contributed by atoms with Gasteiger partial charge in [-0.25, -0.2) is 14.3 Å². The average Bonchev–Trinajstić information content (AvgIpc) is 2.60. The van der Waals surface area contributed by atoms with Crippen molar-refractivity contribution < 1.29 is 9.53 Å². The molecule has 2 heterocycles. The van der Waals surface area contributed by atoms with Gasteiger partial charge in [-0.1, -0.05) is 0 Å². The fourth-order valence-corrected chi connectivity index (χ4v) is 1.65. The molecule has 0 amide bonds. The second kappa shape index (κ2) is 4.13. The fraction of sp³-hybridized carbons (Fsp3) is 0.222. The van der Waals surface area contributed by atoms with Gasteiger partial charge in [0, 0.05) is 0 Å². The standard InChI is InChI=1S/C9H8IN3O2/c1-2-15-9(14)6-3-4-8-11-5-7(10)13(8)12-6/h3-5H,2H2,1H3. The van der Waals surface area contributed by atoms with Gasteiger partial charge in [-0.05, 0) is 41.6 Å². The molecule has 0 spiro atoms. The Morgan fingerprint density at radius 2 is 2.40 bits per heavy atom. The molecule has 0 bridgehead atoms. The van der Waals surface area contributed by atoms with Crippen molar-refractivity contribution in [3.63, 3.8) is 0 Å². The van der Waals surface area contributed by atoms with Crippen LogP contribution in [-0.4, -0.2) is 27.2 Å². The molecule has 5 nitrogen and oxygen atoms in total. The first-order chi connectivity index (χ1) is 7.22. The second-order valence-electron chi connectivity index (χ2n) is 2.79. The van der Waals surface area contributed by atoms with E-state index in [2.05, 4.69) is 32.7 Å². The number of hydrogen-bond acceptors (Lipinski definition) is 4. The Hall–Kier alpha value is -1.18. The molecule has 0 aromatic carbocycles. The van der Waals surface area contributed by atoms with E-state index < -0.39 is 5.97 Å². The average molecular weight is 317 g/mol. The van der Waals surface area contributed by atoms with Crippen molar-refractivity contribution in [1.29, 1.82) is 0 Å². The zero-order valence-corrected chi connectivity index (χ0v) is 10.1. The lowest BCUT2D eigenvalue weighted by molar-refractivity contribution is 0.0517. The van der Waals surface area contributed by atoms with Gasteiger partial charge in [0.2, 0.25) is 0 Å². The molecule has 0 atom stereocenters. The quantitative estimate of drug-likeness (QED) is 0.622. The number of carbonyl (C=O) groups is 1. The van der Waals surface area contributed by atoms with Crippen molar-refractivity contribution in [2.45, 2.75) is 6.92 Å². The van der Waals surface area contributed by atoms with Gasteiger partial charge in [-0.3, -0.25) is 0 Å². The zero-order valence-electron chi connectivity index (χ0n) is 7.98. The molecule has 6 heteroatoms. The first kappa shape index (κ1) is 10.3. The fourth-order valence-electron chi connectivity index (χ4n) is 1.16. The summed E-state index contributed by atoms with van der Waals surface area (Å²) in [5, 5.41) is 4.13. The van der Waals surface area contributed by atoms with Crippen LogP contribution in [0.15, 0.2) is 18.3 Å². The number of halogens is 1. The molecule has 2 aromatic rings. The van der Waals surface area contributed by atoms with Gasteiger partial charge >= 0.3 is 5.97 Å². The van der Waals surface area contributed by atoms with Crippen molar-refractivity contribution in [2.24, 2.45) is 0 Å². The third kappa shape index (κ3) is 1.94. The van der Waals surface area contributed by atoms with E-state index in [4.69, 9.17) is 4.74 Å². The smallest absolute Gasteiger partial charge is 0.358 e. The maximum atomic E-state index is 11.4. The summed E-state index contributed by atoms with van der Waals surface area (Å²) in [5.41, 5.74) is 1.01. The SMILES string of the molecule is CCOC(=O)c1ccc2ncc(I)n2n1. The van der Waals surface area contributed by atoms with Gasteiger partial charge in [-0.15, -0.1) is 0 Å². The molecule has 2 aromatic heterocycles. The Kier molecular flexibility index (Phi) is 2.85. The van der Waals surface area contributed by atoms with Crippen LogP contribution in [0.4, 0.5) is 0 Å². The largest absolute Gasteiger partial charge is 0.461 e. The van der Waals surface area contributed by atoms with Crippen LogP contribution in [0.25, 0.3) is 5.65 Å². The molecule has 0 saturated heterocycles. The van der Waals surface area contributed by atoms with Gasteiger partial charge in [0.25, 0.3) is 0 Å². The van der Waals surface area contributed by atoms with Crippen LogP contribution in [0.1, 0.15) is 17.4 Å². The molecular weight excluding hydrogens is 309 g/mol. The normalized spacial score (nSPS) is 10.5. The first-order valence-corrected chi connectivity index (χ1v) is 5.47. The van der Waals surface area contributed by atoms with Crippen LogP contribution in [0.2, 0.25) is 0 Å². The number of ether oxygens (including phenoxy) is 1. The van der Waals surface area contributed by atoms with E-state index in [-0.39, 0.29) is 0 Å². The minimum atomic E-state index is -0.413. The summed E-state index contributed by atoms with van der Waals surface area (Å²) in [4.78, 5) is 15.5. The molecular formula is C9H8IN3O2. The number of rotatable bonds is 2. The topological polar surface area (TPSA) is 56.5 Å². The molecule has 15 heavy (non-hydrogen) atoms. The minimum absolute atomic E-state index is 0.292. The maximum absolute atomic E-state index is 11.4. The van der Waals surface area contributed by atoms with Crippen LogP contribution in [-0.2, 0) is 4.74 Å². The van der Waals surface area contributed by atoms with Gasteiger partial charge < -0.3 is 4.74 Å². The Labute approximate surface area is 99.6 Å². The highest BCUT2D eigenvalue weighted by Gasteiger charge is 2.10. The number of hydrogen-bond donors (Lipinski definition) is 0. The summed E-state index contributed by atoms with van der Waals surface area (Å²) in [6.45, 7) is 2.11. The molecule has 0 aliphatic rings. The maximum Gasteiger partial charge on any atom is 0.358 e. The predicted molar refractivity (Wildman–Crippen MR) is 61.7 cm³/mol. The highest BCUT2D eigenvalue weighted by molar-refractivity contribution is 14.1. The van der Waals surface area contributed by atoms with Crippen molar-refractivity contribution in [2.75, 3.05) is 6.61 Å². The van der Waals surface area contributed by atoms with Crippen molar-refractivity contribution in [3.8, 4) is 0 Å². The molecule has 0 saturated carbocycles. The highest BCUT2D eigenvalue weighted by atomic mass is 127. The van der Waals surface area contributed by atoms with E-state index in [0.717, 1.165) is 3.70 Å². The first-order valence-electron chi connectivity index (χ1n) is 4.39. The summed E-state index contributed by atoms with van der Waals surface area (Å²) in [5.74, 6) is -0.413. The van der Waals surface area contributed by atoms with Crippen LogP contribution in [0, 0.1) is 3.70 Å². The third-order valence-electron chi connectivity index (χ3n) is 1.81. The number of aromatic nitrogens is 3. The second-order valence-corrected chi connectivity index (χ2v) is 3.90. The van der Waals surface area contributed by atoms with Gasteiger partial charge in [0.05, 0.1) is 12.8 Å². The summed E-state index contributed by atoms with van der Waals surface area (Å²) in [7, 11) is 0. The molecule has 0 aliphatic heterocycles. The number of fused-ring (bicyclic) bond motifs is 1. The van der Waals surface area contributed by atoms with Gasteiger partial charge in [-0.2, -0.15) is 5.10 Å². The zero-order chi connectivity index (χ0) is 10.8. The highest BCUT2D eigenvalue weighted by Crippen LogP contribution is 2.08. The Morgan fingerprint density at radius 3 is 3.13 bits per heavy atom. The number of esters is 1. The van der Waals surface area contributed by atoms with Crippen LogP contribution in [0.5, 0.6) is 0 Å². The van der Waals surface area contributed by atoms with Crippen molar-refractivity contribution >= 4 is 34.2 Å². The van der Waals surface area contributed by atoms with Crippen molar-refractivity contribution in [3.05, 3.63) is 27.7 Å². The molecule has 0 aliphatic carbocycles. The van der Waals surface area contributed by atoms with E-state index in [1.54, 1.807) is 29.8 Å². The van der Waals surface area contributed by atoms with E-state index in [9.17, 15) is 4.79 Å². The Balaban J connectivity index is 2.45. The molecule has 0 radical (unpaired) electrons. The summed E-state index contributed by atoms with van der Waals surface area (Å²) >= 11 is 2.10. The third-order valence-corrected chi connectivity index (χ3v) is 2.54. The summed E-state index contributed by atoms with van der Waals surface area (Å²) < 4.78 is 7.31. The summed E-state index contributed by atoms with van der Waals surface area (Å²) in [6, 6.07) is 3.35. The van der Waals surface area contributed by atoms with Crippen LogP contribution < -0.4 is 0 Å². The Bertz CT molecular complexity index is 509. The number of imidazole rings is 1. The van der Waals surface area contributed by atoms with E-state index >= 15 is 0 Å². The van der Waals surface area contributed by atoms with Gasteiger partial charge in [0.15, 0.2) is 11.3 Å². The van der Waals surface area contributed by atoms with Crippen LogP contribution >= 0.6 is 22.6 Å². The van der Waals surface area contributed by atoms with E-state index in [0.29, 0.717) is 17.9 Å². The molecule has 0 unspecified atom stereocenters. The molecule has 2 rings (SSSR count). The number of nitrogens with zero attached hydrogens (tertiary/aromatic N) is 3. The predicted octanol–water partition coefficient (Wildman–Crippen LogP) is 1.51. The Morgan fingerprint density at radius 1 is 1.60 bits per heavy atom. The van der Waals surface area contributed by atoms with Crippen LogP contribution in [0.3, 0.4) is 0 Å². The van der Waals surface area contributed by atoms with Gasteiger partial charge in [0.1, 0.15) is 3.70 Å². The lowest BCUT2D eigenvalue weighted by Gasteiger charge is -2.01.